The Bertz CT molecular complexity index is 104. The molecule has 74 valence electrons. The minimum absolute atomic E-state index is 0.223. The van der Waals surface area contributed by atoms with Crippen LogP contribution in [-0.4, -0.2) is 27.3 Å². The summed E-state index contributed by atoms with van der Waals surface area (Å²) < 4.78 is 0. The first-order valence-electron chi connectivity index (χ1n) is 3.80. The zero-order valence-electron chi connectivity index (χ0n) is 6.96. The molecule has 0 spiro atoms. The van der Waals surface area contributed by atoms with Crippen LogP contribution in [0.5, 0.6) is 0 Å². The summed E-state index contributed by atoms with van der Waals surface area (Å²) in [6.07, 6.45) is 0. The Labute approximate surface area is 103 Å². The van der Waals surface area contributed by atoms with E-state index >= 15 is 0 Å². The van der Waals surface area contributed by atoms with Gasteiger partial charge in [0.15, 0.2) is 0 Å². The molecule has 0 amide bonds. The van der Waals surface area contributed by atoms with E-state index in [4.69, 9.17) is 0 Å². The highest BCUT2D eigenvalue weighted by atomic mass is 32.1. The zero-order chi connectivity index (χ0) is 9.72. The molecule has 0 saturated carbocycles. The van der Waals surface area contributed by atoms with Crippen LogP contribution in [0.3, 0.4) is 0 Å². The van der Waals surface area contributed by atoms with E-state index in [2.05, 4.69) is 70.1 Å². The van der Waals surface area contributed by atoms with E-state index in [1.807, 2.05) is 0 Å². The van der Waals surface area contributed by atoms with E-state index in [0.717, 1.165) is 11.5 Å². The van der Waals surface area contributed by atoms with Crippen LogP contribution in [-0.2, 0) is 0 Å². The lowest BCUT2D eigenvalue weighted by molar-refractivity contribution is 0.555. The molecule has 5 heteroatoms. The lowest BCUT2D eigenvalue weighted by atomic mass is 10.0. The second-order valence-electron chi connectivity index (χ2n) is 2.85. The van der Waals surface area contributed by atoms with Gasteiger partial charge in [0.2, 0.25) is 0 Å². The van der Waals surface area contributed by atoms with Gasteiger partial charge in [-0.1, -0.05) is 6.92 Å². The Morgan fingerprint density at radius 1 is 0.917 bits per heavy atom. The van der Waals surface area contributed by atoms with Gasteiger partial charge in [-0.25, -0.2) is 0 Å². The molecular formula is C7H16S5. The van der Waals surface area contributed by atoms with E-state index in [0.29, 0.717) is 5.92 Å². The maximum Gasteiger partial charge on any atom is 0.0224 e. The second kappa shape index (κ2) is 7.10. The fraction of sp³-hybridized carbons (Fsp3) is 1.00. The lowest BCUT2D eigenvalue weighted by Gasteiger charge is -2.27. The Kier molecular flexibility index (Phi) is 8.13. The van der Waals surface area contributed by atoms with Crippen LogP contribution in [0.1, 0.15) is 6.92 Å². The Morgan fingerprint density at radius 2 is 1.33 bits per heavy atom. The summed E-state index contributed by atoms with van der Waals surface area (Å²) in [5.74, 6) is 1.92. The third-order valence-corrected chi connectivity index (χ3v) is 5.50. The normalized spacial score (nSPS) is 21.5. The van der Waals surface area contributed by atoms with Gasteiger partial charge in [-0.05, 0) is 5.92 Å². The van der Waals surface area contributed by atoms with E-state index in [-0.39, 0.29) is 15.7 Å². The minimum atomic E-state index is 0.223. The SMILES string of the molecule is CC(C(S)CS)C(S)C(S)CS. The fourth-order valence-electron chi connectivity index (χ4n) is 0.852. The Balaban J connectivity index is 3.99. The van der Waals surface area contributed by atoms with Gasteiger partial charge in [0.1, 0.15) is 0 Å². The van der Waals surface area contributed by atoms with Crippen LogP contribution >= 0.6 is 63.1 Å². The van der Waals surface area contributed by atoms with Crippen molar-refractivity contribution >= 4 is 63.1 Å². The van der Waals surface area contributed by atoms with Crippen LogP contribution in [0.4, 0.5) is 0 Å². The van der Waals surface area contributed by atoms with Crippen molar-refractivity contribution in [1.29, 1.82) is 0 Å². The molecule has 0 aromatic heterocycles. The number of hydrogen-bond donors (Lipinski definition) is 5. The largest absolute Gasteiger partial charge is 0.178 e. The van der Waals surface area contributed by atoms with Crippen LogP contribution < -0.4 is 0 Å². The van der Waals surface area contributed by atoms with Crippen molar-refractivity contribution < 1.29 is 0 Å². The zero-order valence-corrected chi connectivity index (χ0v) is 11.4. The van der Waals surface area contributed by atoms with Gasteiger partial charge in [0, 0.05) is 27.3 Å². The lowest BCUT2D eigenvalue weighted by Crippen LogP contribution is -2.31. The van der Waals surface area contributed by atoms with E-state index in [1.165, 1.54) is 0 Å². The maximum atomic E-state index is 4.49. The van der Waals surface area contributed by atoms with E-state index < -0.39 is 0 Å². The molecular weight excluding hydrogens is 244 g/mol. The molecule has 0 aliphatic rings. The molecule has 4 atom stereocenters. The summed E-state index contributed by atoms with van der Waals surface area (Å²) in [5.41, 5.74) is 0. The first-order valence-corrected chi connectivity index (χ1v) is 6.62. The predicted molar refractivity (Wildman–Crippen MR) is 75.2 cm³/mol. The quantitative estimate of drug-likeness (QED) is 0.461. The van der Waals surface area contributed by atoms with Crippen molar-refractivity contribution in [2.24, 2.45) is 5.92 Å². The van der Waals surface area contributed by atoms with Crippen molar-refractivity contribution in [2.45, 2.75) is 22.7 Å². The van der Waals surface area contributed by atoms with Crippen LogP contribution in [0, 0.1) is 5.92 Å². The minimum Gasteiger partial charge on any atom is -0.178 e. The number of rotatable bonds is 5. The van der Waals surface area contributed by atoms with E-state index in [1.54, 1.807) is 0 Å². The highest BCUT2D eigenvalue weighted by molar-refractivity contribution is 7.87. The first-order chi connectivity index (χ1) is 5.54. The highest BCUT2D eigenvalue weighted by Crippen LogP contribution is 2.25. The van der Waals surface area contributed by atoms with Crippen molar-refractivity contribution in [3.05, 3.63) is 0 Å². The van der Waals surface area contributed by atoms with Crippen molar-refractivity contribution in [2.75, 3.05) is 11.5 Å². The van der Waals surface area contributed by atoms with Crippen molar-refractivity contribution in [3.8, 4) is 0 Å². The van der Waals surface area contributed by atoms with Crippen LogP contribution in [0.15, 0.2) is 0 Å². The average Bonchev–Trinajstić information content (AvgIpc) is 2.12. The molecule has 0 nitrogen and oxygen atoms in total. The molecule has 0 bridgehead atoms. The molecule has 0 heterocycles. The summed E-state index contributed by atoms with van der Waals surface area (Å²) in [4.78, 5) is 0. The molecule has 0 aliphatic heterocycles. The molecule has 4 unspecified atom stereocenters. The second-order valence-corrected chi connectivity index (χ2v) is 5.50. The highest BCUT2D eigenvalue weighted by Gasteiger charge is 2.24. The molecule has 0 saturated heterocycles. The molecule has 0 aromatic rings. The number of thiol groups is 5. The predicted octanol–water partition coefficient (Wildman–Crippen LogP) is 2.38. The standard InChI is InChI=1S/C7H16S5/c1-4(5(10)2-8)7(12)6(11)3-9/h4-12H,2-3H2,1H3. The topological polar surface area (TPSA) is 0 Å². The van der Waals surface area contributed by atoms with Gasteiger partial charge >= 0.3 is 0 Å². The van der Waals surface area contributed by atoms with Gasteiger partial charge in [-0.2, -0.15) is 63.1 Å². The van der Waals surface area contributed by atoms with Gasteiger partial charge in [0.05, 0.1) is 0 Å². The smallest absolute Gasteiger partial charge is 0.0224 e. The Morgan fingerprint density at radius 3 is 1.67 bits per heavy atom. The molecule has 12 heavy (non-hydrogen) atoms. The third kappa shape index (κ3) is 4.31. The first kappa shape index (κ1) is 13.8. The van der Waals surface area contributed by atoms with Crippen molar-refractivity contribution in [1.82, 2.24) is 0 Å². The van der Waals surface area contributed by atoms with Crippen LogP contribution in [0.25, 0.3) is 0 Å². The fourth-order valence-corrected chi connectivity index (χ4v) is 2.48. The summed E-state index contributed by atoms with van der Waals surface area (Å²) in [6.45, 7) is 2.12. The van der Waals surface area contributed by atoms with Gasteiger partial charge in [0.25, 0.3) is 0 Å². The molecule has 0 aromatic carbocycles. The molecule has 0 N–H and O–H groups in total. The molecule has 0 rings (SSSR count). The Hall–Kier alpha value is 1.75. The van der Waals surface area contributed by atoms with E-state index in [9.17, 15) is 0 Å². The summed E-state index contributed by atoms with van der Waals surface area (Å²) in [7, 11) is 0. The summed E-state index contributed by atoms with van der Waals surface area (Å²) in [6, 6.07) is 0. The van der Waals surface area contributed by atoms with Crippen molar-refractivity contribution in [3.63, 3.8) is 0 Å². The number of hydrogen-bond acceptors (Lipinski definition) is 5. The molecule has 0 radical (unpaired) electrons. The maximum absolute atomic E-state index is 4.49. The third-order valence-electron chi connectivity index (χ3n) is 1.91. The van der Waals surface area contributed by atoms with Gasteiger partial charge < -0.3 is 0 Å². The summed E-state index contributed by atoms with van der Waals surface area (Å²) >= 11 is 21.7. The molecule has 0 aliphatic carbocycles. The van der Waals surface area contributed by atoms with Crippen LogP contribution in [0.2, 0.25) is 0 Å². The molecule has 0 fully saturated rings. The van der Waals surface area contributed by atoms with Gasteiger partial charge in [-0.3, -0.25) is 0 Å². The summed E-state index contributed by atoms with van der Waals surface area (Å²) in [5, 5.41) is 0.743. The van der Waals surface area contributed by atoms with Gasteiger partial charge in [-0.15, -0.1) is 0 Å². The monoisotopic (exact) mass is 260 g/mol. The average molecular weight is 261 g/mol.